The second-order valence-electron chi connectivity index (χ2n) is 6.21. The molecule has 130 valence electrons. The van der Waals surface area contributed by atoms with Crippen LogP contribution in [0.5, 0.6) is 0 Å². The molecule has 0 spiro atoms. The molecule has 2 heterocycles. The van der Waals surface area contributed by atoms with Gasteiger partial charge in [0.2, 0.25) is 0 Å². The Balaban J connectivity index is 1.92. The fourth-order valence-electron chi connectivity index (χ4n) is 2.72. The van der Waals surface area contributed by atoms with E-state index in [9.17, 15) is 9.59 Å². The van der Waals surface area contributed by atoms with Gasteiger partial charge in [0.1, 0.15) is 4.83 Å². The second kappa shape index (κ2) is 6.44. The summed E-state index contributed by atoms with van der Waals surface area (Å²) in [6.07, 6.45) is -0.646. The molecular formula is C19H20N2O3S. The number of thiophene rings is 1. The second-order valence-corrected chi connectivity index (χ2v) is 7.41. The normalized spacial score (nSPS) is 12.4. The number of nitrogens with zero attached hydrogens (tertiary/aromatic N) is 1. The Kier molecular flexibility index (Phi) is 4.47. The summed E-state index contributed by atoms with van der Waals surface area (Å²) in [6, 6.07) is 5.51. The Bertz CT molecular complexity index is 1030. The summed E-state index contributed by atoms with van der Waals surface area (Å²) >= 11 is 1.47. The summed E-state index contributed by atoms with van der Waals surface area (Å²) in [4.78, 5) is 33.8. The van der Waals surface area contributed by atoms with Gasteiger partial charge in [0.05, 0.1) is 10.9 Å². The van der Waals surface area contributed by atoms with Crippen molar-refractivity contribution in [2.24, 2.45) is 0 Å². The standard InChI is InChI=1S/C19H20N2O3S/c1-9-7-6-8-14(10(9)2)19(23)24-12(4)16-20-17(22)15-11(3)13(5)25-18(15)21-16/h6-8,12H,1-5H3,(H,20,21,22)/t12-/m0/s1. The first-order valence-corrected chi connectivity index (χ1v) is 8.88. The highest BCUT2D eigenvalue weighted by Gasteiger charge is 2.20. The molecule has 1 atom stereocenters. The summed E-state index contributed by atoms with van der Waals surface area (Å²) in [6.45, 7) is 9.42. The van der Waals surface area contributed by atoms with E-state index in [-0.39, 0.29) is 5.56 Å². The smallest absolute Gasteiger partial charge is 0.339 e. The lowest BCUT2D eigenvalue weighted by Crippen LogP contribution is -2.17. The van der Waals surface area contributed by atoms with Crippen LogP contribution in [-0.2, 0) is 4.74 Å². The number of rotatable bonds is 3. The third kappa shape index (κ3) is 3.09. The molecule has 1 aromatic carbocycles. The van der Waals surface area contributed by atoms with Crippen LogP contribution in [-0.4, -0.2) is 15.9 Å². The van der Waals surface area contributed by atoms with E-state index in [2.05, 4.69) is 9.97 Å². The number of fused-ring (bicyclic) bond motifs is 1. The quantitative estimate of drug-likeness (QED) is 0.716. The lowest BCUT2D eigenvalue weighted by Gasteiger charge is -2.14. The number of hydrogen-bond donors (Lipinski definition) is 1. The first kappa shape index (κ1) is 17.4. The first-order valence-electron chi connectivity index (χ1n) is 8.06. The highest BCUT2D eigenvalue weighted by Crippen LogP contribution is 2.27. The van der Waals surface area contributed by atoms with Gasteiger partial charge in [-0.15, -0.1) is 11.3 Å². The van der Waals surface area contributed by atoms with E-state index in [0.29, 0.717) is 21.6 Å². The molecule has 25 heavy (non-hydrogen) atoms. The van der Waals surface area contributed by atoms with Crippen LogP contribution in [0.25, 0.3) is 10.2 Å². The van der Waals surface area contributed by atoms with Crippen molar-refractivity contribution in [3.05, 3.63) is 61.5 Å². The number of benzene rings is 1. The Morgan fingerprint density at radius 3 is 2.64 bits per heavy atom. The summed E-state index contributed by atoms with van der Waals surface area (Å²) < 4.78 is 5.53. The molecule has 0 saturated carbocycles. The molecule has 0 aliphatic carbocycles. The van der Waals surface area contributed by atoms with E-state index in [1.807, 2.05) is 39.8 Å². The average molecular weight is 356 g/mol. The minimum atomic E-state index is -0.646. The molecule has 0 amide bonds. The number of hydrogen-bond acceptors (Lipinski definition) is 5. The molecular weight excluding hydrogens is 336 g/mol. The predicted molar refractivity (Wildman–Crippen MR) is 99.5 cm³/mol. The van der Waals surface area contributed by atoms with E-state index in [1.165, 1.54) is 11.3 Å². The van der Waals surface area contributed by atoms with Crippen molar-refractivity contribution in [3.63, 3.8) is 0 Å². The van der Waals surface area contributed by atoms with Gasteiger partial charge in [0.15, 0.2) is 11.9 Å². The van der Waals surface area contributed by atoms with Crippen LogP contribution in [0.4, 0.5) is 0 Å². The molecule has 0 unspecified atom stereocenters. The number of aryl methyl sites for hydroxylation is 3. The SMILES string of the molecule is Cc1cccc(C(=O)O[C@@H](C)c2nc3sc(C)c(C)c3c(=O)[nH]2)c1C. The molecule has 6 heteroatoms. The van der Waals surface area contributed by atoms with Crippen LogP contribution in [0.1, 0.15) is 50.8 Å². The molecule has 2 aromatic heterocycles. The highest BCUT2D eigenvalue weighted by atomic mass is 32.1. The van der Waals surface area contributed by atoms with E-state index in [0.717, 1.165) is 21.6 Å². The average Bonchev–Trinajstić information content (AvgIpc) is 2.84. The molecule has 3 rings (SSSR count). The largest absolute Gasteiger partial charge is 0.451 e. The van der Waals surface area contributed by atoms with Crippen molar-refractivity contribution in [2.45, 2.75) is 40.7 Å². The Hall–Kier alpha value is -2.47. The van der Waals surface area contributed by atoms with E-state index in [4.69, 9.17) is 4.74 Å². The van der Waals surface area contributed by atoms with Gasteiger partial charge in [-0.05, 0) is 57.4 Å². The van der Waals surface area contributed by atoms with E-state index < -0.39 is 12.1 Å². The van der Waals surface area contributed by atoms with Gasteiger partial charge in [-0.25, -0.2) is 9.78 Å². The minimum absolute atomic E-state index is 0.198. The number of esters is 1. The van der Waals surface area contributed by atoms with Crippen molar-refractivity contribution < 1.29 is 9.53 Å². The zero-order valence-corrected chi connectivity index (χ0v) is 15.7. The molecule has 0 radical (unpaired) electrons. The molecule has 0 saturated heterocycles. The van der Waals surface area contributed by atoms with Gasteiger partial charge in [0.25, 0.3) is 5.56 Å². The summed E-state index contributed by atoms with van der Waals surface area (Å²) in [5, 5.41) is 0.610. The topological polar surface area (TPSA) is 72.0 Å². The van der Waals surface area contributed by atoms with Gasteiger partial charge in [-0.1, -0.05) is 12.1 Å². The molecule has 1 N–H and O–H groups in total. The number of ether oxygens (including phenoxy) is 1. The Morgan fingerprint density at radius 1 is 1.20 bits per heavy atom. The third-order valence-corrected chi connectivity index (χ3v) is 5.65. The lowest BCUT2D eigenvalue weighted by molar-refractivity contribution is 0.0319. The number of aromatic amines is 1. The number of nitrogens with one attached hydrogen (secondary N) is 1. The first-order chi connectivity index (χ1) is 11.8. The van der Waals surface area contributed by atoms with Crippen molar-refractivity contribution in [1.82, 2.24) is 9.97 Å². The maximum Gasteiger partial charge on any atom is 0.339 e. The molecule has 0 bridgehead atoms. The fourth-order valence-corrected chi connectivity index (χ4v) is 3.75. The number of carbonyl (C=O) groups excluding carboxylic acids is 1. The van der Waals surface area contributed by atoms with Crippen LogP contribution >= 0.6 is 11.3 Å². The fraction of sp³-hybridized carbons (Fsp3) is 0.316. The van der Waals surface area contributed by atoms with Gasteiger partial charge >= 0.3 is 5.97 Å². The lowest BCUT2D eigenvalue weighted by atomic mass is 10.0. The summed E-state index contributed by atoms with van der Waals surface area (Å²) in [5.74, 6) is -0.0626. The summed E-state index contributed by atoms with van der Waals surface area (Å²) in [5.41, 5.74) is 3.19. The van der Waals surface area contributed by atoms with Crippen LogP contribution in [0.2, 0.25) is 0 Å². The van der Waals surface area contributed by atoms with Gasteiger partial charge in [-0.2, -0.15) is 0 Å². The maximum atomic E-state index is 12.5. The minimum Gasteiger partial charge on any atom is -0.451 e. The van der Waals surface area contributed by atoms with Crippen LogP contribution in [0.15, 0.2) is 23.0 Å². The van der Waals surface area contributed by atoms with Crippen LogP contribution in [0, 0.1) is 27.7 Å². The van der Waals surface area contributed by atoms with E-state index in [1.54, 1.807) is 13.0 Å². The molecule has 5 nitrogen and oxygen atoms in total. The number of carbonyl (C=O) groups is 1. The maximum absolute atomic E-state index is 12.5. The number of aromatic nitrogens is 2. The van der Waals surface area contributed by atoms with Gasteiger partial charge in [0, 0.05) is 4.88 Å². The zero-order chi connectivity index (χ0) is 18.3. The van der Waals surface area contributed by atoms with Crippen molar-refractivity contribution >= 4 is 27.5 Å². The summed E-state index contributed by atoms with van der Waals surface area (Å²) in [7, 11) is 0. The molecule has 0 aliphatic heterocycles. The molecule has 3 aromatic rings. The van der Waals surface area contributed by atoms with E-state index >= 15 is 0 Å². The van der Waals surface area contributed by atoms with Crippen LogP contribution < -0.4 is 5.56 Å². The zero-order valence-electron chi connectivity index (χ0n) is 14.9. The number of H-pyrrole nitrogens is 1. The molecule has 0 fully saturated rings. The highest BCUT2D eigenvalue weighted by molar-refractivity contribution is 7.18. The van der Waals surface area contributed by atoms with Crippen LogP contribution in [0.3, 0.4) is 0 Å². The van der Waals surface area contributed by atoms with Gasteiger partial charge < -0.3 is 9.72 Å². The van der Waals surface area contributed by atoms with Crippen molar-refractivity contribution in [1.29, 1.82) is 0 Å². The Labute approximate surface area is 149 Å². The Morgan fingerprint density at radius 2 is 1.92 bits per heavy atom. The monoisotopic (exact) mass is 356 g/mol. The molecule has 0 aliphatic rings. The predicted octanol–water partition coefficient (Wildman–Crippen LogP) is 4.14. The van der Waals surface area contributed by atoms with Crippen molar-refractivity contribution in [2.75, 3.05) is 0 Å². The third-order valence-electron chi connectivity index (χ3n) is 4.55. The van der Waals surface area contributed by atoms with Gasteiger partial charge in [-0.3, -0.25) is 4.79 Å². The van der Waals surface area contributed by atoms with Crippen molar-refractivity contribution in [3.8, 4) is 0 Å².